The second-order valence-electron chi connectivity index (χ2n) is 3.49. The van der Waals surface area contributed by atoms with Crippen molar-refractivity contribution in [3.63, 3.8) is 0 Å². The van der Waals surface area contributed by atoms with Crippen LogP contribution in [0.3, 0.4) is 0 Å². The van der Waals surface area contributed by atoms with E-state index in [1.54, 1.807) is 11.8 Å². The third-order valence-electron chi connectivity index (χ3n) is 2.08. The highest BCUT2D eigenvalue weighted by atomic mass is 79.9. The first-order valence-electron chi connectivity index (χ1n) is 5.39. The summed E-state index contributed by atoms with van der Waals surface area (Å²) < 4.78 is 1.10. The van der Waals surface area contributed by atoms with Crippen LogP contribution in [0.5, 0.6) is 0 Å². The molecule has 0 aliphatic heterocycles. The maximum atomic E-state index is 5.80. The lowest BCUT2D eigenvalue weighted by Crippen LogP contribution is -2.07. The number of aliphatic imine (C=N–C) groups is 1. The summed E-state index contributed by atoms with van der Waals surface area (Å²) in [4.78, 5) is 4.29. The number of nitrogens with zero attached hydrogens (tertiary/aromatic N) is 1. The van der Waals surface area contributed by atoms with Crippen LogP contribution in [0.4, 0.5) is 0 Å². The van der Waals surface area contributed by atoms with Gasteiger partial charge in [0, 0.05) is 16.8 Å². The Kier molecular flexibility index (Phi) is 6.57. The van der Waals surface area contributed by atoms with E-state index >= 15 is 0 Å². The average Bonchev–Trinajstić information content (AvgIpc) is 2.29. The Morgan fingerprint density at radius 3 is 2.69 bits per heavy atom. The number of rotatable bonds is 5. The molecule has 4 heteroatoms. The van der Waals surface area contributed by atoms with Gasteiger partial charge in [-0.25, -0.2) is 0 Å². The Labute approximate surface area is 110 Å². The standard InChI is InChI=1S/C12H17BrN2S/c1-2-3-8-15-12(14)16-9-10-4-6-11(13)7-5-10/h4-7H,2-3,8-9H2,1H3,(H2,14,15). The van der Waals surface area contributed by atoms with E-state index in [1.807, 2.05) is 12.1 Å². The normalized spacial score (nSPS) is 11.8. The highest BCUT2D eigenvalue weighted by Crippen LogP contribution is 2.15. The molecule has 0 spiro atoms. The van der Waals surface area contributed by atoms with Gasteiger partial charge in [0.1, 0.15) is 0 Å². The lowest BCUT2D eigenvalue weighted by Gasteiger charge is -2.01. The van der Waals surface area contributed by atoms with Crippen LogP contribution in [0.2, 0.25) is 0 Å². The highest BCUT2D eigenvalue weighted by Gasteiger charge is 1.96. The summed E-state index contributed by atoms with van der Waals surface area (Å²) in [5.41, 5.74) is 7.06. The van der Waals surface area contributed by atoms with E-state index in [0.29, 0.717) is 5.17 Å². The molecule has 0 aromatic heterocycles. The largest absolute Gasteiger partial charge is 0.379 e. The number of thioether (sulfide) groups is 1. The SMILES string of the molecule is CCCCN=C(N)SCc1ccc(Br)cc1. The lowest BCUT2D eigenvalue weighted by atomic mass is 10.2. The Hall–Kier alpha value is -0.480. The molecule has 88 valence electrons. The zero-order valence-corrected chi connectivity index (χ0v) is 11.9. The molecule has 0 aliphatic rings. The zero-order valence-electron chi connectivity index (χ0n) is 9.45. The zero-order chi connectivity index (χ0) is 11.8. The smallest absolute Gasteiger partial charge is 0.154 e. The molecule has 0 bridgehead atoms. The number of amidine groups is 1. The van der Waals surface area contributed by atoms with Crippen LogP contribution in [0, 0.1) is 0 Å². The van der Waals surface area contributed by atoms with E-state index in [2.05, 4.69) is 40.0 Å². The number of hydrogen-bond donors (Lipinski definition) is 1. The van der Waals surface area contributed by atoms with Crippen LogP contribution in [0.15, 0.2) is 33.7 Å². The summed E-state index contributed by atoms with van der Waals surface area (Å²) in [5, 5.41) is 0.691. The van der Waals surface area contributed by atoms with Gasteiger partial charge in [0.2, 0.25) is 0 Å². The number of halogens is 1. The molecular formula is C12H17BrN2S. The van der Waals surface area contributed by atoms with Crippen molar-refractivity contribution in [1.82, 2.24) is 0 Å². The first kappa shape index (κ1) is 13.6. The van der Waals surface area contributed by atoms with E-state index < -0.39 is 0 Å². The van der Waals surface area contributed by atoms with E-state index in [0.717, 1.165) is 29.6 Å². The molecule has 0 saturated carbocycles. The molecule has 0 fully saturated rings. The van der Waals surface area contributed by atoms with E-state index in [9.17, 15) is 0 Å². The van der Waals surface area contributed by atoms with Gasteiger partial charge in [-0.1, -0.05) is 53.2 Å². The van der Waals surface area contributed by atoms with Gasteiger partial charge in [-0.2, -0.15) is 0 Å². The molecule has 16 heavy (non-hydrogen) atoms. The molecule has 2 nitrogen and oxygen atoms in total. The predicted octanol–water partition coefficient (Wildman–Crippen LogP) is 3.80. The second-order valence-corrected chi connectivity index (χ2v) is 5.40. The average molecular weight is 301 g/mol. The molecule has 0 atom stereocenters. The van der Waals surface area contributed by atoms with Crippen molar-refractivity contribution in [2.24, 2.45) is 10.7 Å². The number of hydrogen-bond acceptors (Lipinski definition) is 2. The quantitative estimate of drug-likeness (QED) is 0.510. The maximum Gasteiger partial charge on any atom is 0.154 e. The molecule has 0 heterocycles. The van der Waals surface area contributed by atoms with Crippen LogP contribution in [-0.2, 0) is 5.75 Å². The Bertz CT molecular complexity index is 335. The van der Waals surface area contributed by atoms with Crippen molar-refractivity contribution in [3.8, 4) is 0 Å². The minimum atomic E-state index is 0.691. The van der Waals surface area contributed by atoms with Gasteiger partial charge < -0.3 is 5.73 Å². The molecule has 1 aromatic carbocycles. The van der Waals surface area contributed by atoms with Crippen molar-refractivity contribution in [2.45, 2.75) is 25.5 Å². The van der Waals surface area contributed by atoms with Crippen LogP contribution in [0.1, 0.15) is 25.3 Å². The van der Waals surface area contributed by atoms with Crippen molar-refractivity contribution in [3.05, 3.63) is 34.3 Å². The fraction of sp³-hybridized carbons (Fsp3) is 0.417. The molecule has 0 saturated heterocycles. The van der Waals surface area contributed by atoms with Gasteiger partial charge in [-0.3, -0.25) is 4.99 Å². The molecule has 0 amide bonds. The first-order chi connectivity index (χ1) is 7.72. The van der Waals surface area contributed by atoms with Gasteiger partial charge >= 0.3 is 0 Å². The Balaban J connectivity index is 2.33. The highest BCUT2D eigenvalue weighted by molar-refractivity contribution is 9.10. The summed E-state index contributed by atoms with van der Waals surface area (Å²) >= 11 is 5.01. The summed E-state index contributed by atoms with van der Waals surface area (Å²) in [6.45, 7) is 3.00. The minimum absolute atomic E-state index is 0.691. The molecule has 1 rings (SSSR count). The Morgan fingerprint density at radius 1 is 1.38 bits per heavy atom. The number of unbranched alkanes of at least 4 members (excludes halogenated alkanes) is 1. The summed E-state index contributed by atoms with van der Waals surface area (Å²) in [7, 11) is 0. The van der Waals surface area contributed by atoms with E-state index in [-0.39, 0.29) is 0 Å². The molecule has 0 aliphatic carbocycles. The van der Waals surface area contributed by atoms with Gasteiger partial charge in [0.15, 0.2) is 5.17 Å². The summed E-state index contributed by atoms with van der Waals surface area (Å²) in [6.07, 6.45) is 2.27. The molecule has 1 aromatic rings. The van der Waals surface area contributed by atoms with Crippen molar-refractivity contribution in [2.75, 3.05) is 6.54 Å². The van der Waals surface area contributed by atoms with Crippen molar-refractivity contribution >= 4 is 32.9 Å². The van der Waals surface area contributed by atoms with E-state index in [4.69, 9.17) is 5.73 Å². The fourth-order valence-corrected chi connectivity index (χ4v) is 2.08. The molecule has 0 radical (unpaired) electrons. The van der Waals surface area contributed by atoms with Crippen molar-refractivity contribution < 1.29 is 0 Å². The van der Waals surface area contributed by atoms with Gasteiger partial charge in [0.05, 0.1) is 0 Å². The summed E-state index contributed by atoms with van der Waals surface area (Å²) in [6, 6.07) is 8.27. The monoisotopic (exact) mass is 300 g/mol. The van der Waals surface area contributed by atoms with Gasteiger partial charge in [0.25, 0.3) is 0 Å². The predicted molar refractivity (Wildman–Crippen MR) is 76.8 cm³/mol. The summed E-state index contributed by atoms with van der Waals surface area (Å²) in [5.74, 6) is 0.884. The van der Waals surface area contributed by atoms with Crippen LogP contribution in [-0.4, -0.2) is 11.7 Å². The molecule has 0 unspecified atom stereocenters. The van der Waals surface area contributed by atoms with E-state index in [1.165, 1.54) is 5.56 Å². The van der Waals surface area contributed by atoms with Gasteiger partial charge in [-0.15, -0.1) is 0 Å². The third-order valence-corrected chi connectivity index (χ3v) is 3.51. The van der Waals surface area contributed by atoms with Crippen LogP contribution in [0.25, 0.3) is 0 Å². The molecule has 2 N–H and O–H groups in total. The van der Waals surface area contributed by atoms with Crippen molar-refractivity contribution in [1.29, 1.82) is 0 Å². The molecular weight excluding hydrogens is 284 g/mol. The Morgan fingerprint density at radius 2 is 2.06 bits per heavy atom. The van der Waals surface area contributed by atoms with Gasteiger partial charge in [-0.05, 0) is 24.1 Å². The second kappa shape index (κ2) is 7.74. The number of benzene rings is 1. The van der Waals surface area contributed by atoms with Crippen LogP contribution < -0.4 is 5.73 Å². The van der Waals surface area contributed by atoms with Crippen LogP contribution >= 0.6 is 27.7 Å². The lowest BCUT2D eigenvalue weighted by molar-refractivity contribution is 0.809. The fourth-order valence-electron chi connectivity index (χ4n) is 1.13. The maximum absolute atomic E-state index is 5.80. The minimum Gasteiger partial charge on any atom is -0.379 e. The third kappa shape index (κ3) is 5.56. The first-order valence-corrected chi connectivity index (χ1v) is 7.17. The topological polar surface area (TPSA) is 38.4 Å². The number of nitrogens with two attached hydrogens (primary N) is 1.